The zero-order valence-corrected chi connectivity index (χ0v) is 12.8. The first-order chi connectivity index (χ1) is 11.1. The number of aryl methyl sites for hydroxylation is 1. The van der Waals surface area contributed by atoms with Crippen molar-refractivity contribution in [2.75, 3.05) is 26.2 Å². The summed E-state index contributed by atoms with van der Waals surface area (Å²) >= 11 is 0. The van der Waals surface area contributed by atoms with E-state index in [0.29, 0.717) is 44.2 Å². The number of nitrogens with zero attached hydrogens (tertiary/aromatic N) is 6. The first kappa shape index (κ1) is 15.6. The Bertz CT molecular complexity index is 674. The number of hydrogen-bond acceptors (Lipinski definition) is 4. The second-order valence-corrected chi connectivity index (χ2v) is 5.49. The largest absolute Gasteiger partial charge is 0.335 e. The number of imidazole rings is 2. The number of piperazine rings is 1. The van der Waals surface area contributed by atoms with Gasteiger partial charge in [-0.3, -0.25) is 14.3 Å². The van der Waals surface area contributed by atoms with E-state index in [4.69, 9.17) is 0 Å². The average Bonchev–Trinajstić information content (AvgIpc) is 3.16. The third kappa shape index (κ3) is 3.24. The van der Waals surface area contributed by atoms with Crippen molar-refractivity contribution in [3.05, 3.63) is 36.4 Å². The molecular formula is C14H18F2N6O. The maximum atomic E-state index is 12.8. The second-order valence-electron chi connectivity index (χ2n) is 5.49. The van der Waals surface area contributed by atoms with Gasteiger partial charge in [0.25, 0.3) is 5.91 Å². The lowest BCUT2D eigenvalue weighted by Crippen LogP contribution is -2.48. The van der Waals surface area contributed by atoms with Crippen molar-refractivity contribution in [2.24, 2.45) is 7.05 Å². The van der Waals surface area contributed by atoms with Gasteiger partial charge in [-0.05, 0) is 0 Å². The Balaban J connectivity index is 1.57. The molecule has 2 aromatic heterocycles. The molecule has 1 aliphatic rings. The van der Waals surface area contributed by atoms with Crippen LogP contribution in [0.3, 0.4) is 0 Å². The van der Waals surface area contributed by atoms with Crippen molar-refractivity contribution in [1.82, 2.24) is 28.9 Å². The Hall–Kier alpha value is -2.29. The van der Waals surface area contributed by atoms with Crippen molar-refractivity contribution in [2.45, 2.75) is 13.1 Å². The minimum atomic E-state index is -2.58. The Labute approximate surface area is 132 Å². The lowest BCUT2D eigenvalue weighted by atomic mass is 10.2. The van der Waals surface area contributed by atoms with Gasteiger partial charge < -0.3 is 9.47 Å². The fourth-order valence-electron chi connectivity index (χ4n) is 2.68. The predicted molar refractivity (Wildman–Crippen MR) is 77.9 cm³/mol. The molecule has 1 fully saturated rings. The van der Waals surface area contributed by atoms with E-state index in [0.717, 1.165) is 4.57 Å². The third-order valence-corrected chi connectivity index (χ3v) is 4.02. The van der Waals surface area contributed by atoms with Crippen molar-refractivity contribution in [3.63, 3.8) is 0 Å². The van der Waals surface area contributed by atoms with Gasteiger partial charge in [0.2, 0.25) is 0 Å². The molecule has 0 unspecified atom stereocenters. The van der Waals surface area contributed by atoms with Gasteiger partial charge in [0, 0.05) is 45.6 Å². The van der Waals surface area contributed by atoms with E-state index in [1.54, 1.807) is 29.0 Å². The van der Waals surface area contributed by atoms with E-state index >= 15 is 0 Å². The Morgan fingerprint density at radius 1 is 1.30 bits per heavy atom. The Morgan fingerprint density at radius 3 is 2.65 bits per heavy atom. The third-order valence-electron chi connectivity index (χ3n) is 4.02. The number of halogens is 2. The molecule has 0 bridgehead atoms. The molecule has 3 heterocycles. The maximum absolute atomic E-state index is 12.8. The quantitative estimate of drug-likeness (QED) is 0.841. The van der Waals surface area contributed by atoms with Crippen LogP contribution < -0.4 is 0 Å². The highest BCUT2D eigenvalue weighted by Crippen LogP contribution is 2.15. The van der Waals surface area contributed by atoms with Gasteiger partial charge >= 0.3 is 6.55 Å². The number of aromatic nitrogens is 4. The molecule has 0 saturated carbocycles. The van der Waals surface area contributed by atoms with E-state index in [2.05, 4.69) is 9.97 Å². The molecule has 0 spiro atoms. The summed E-state index contributed by atoms with van der Waals surface area (Å²) in [5.41, 5.74) is 0.548. The minimum Gasteiger partial charge on any atom is -0.335 e. The molecule has 1 amide bonds. The van der Waals surface area contributed by atoms with Crippen LogP contribution in [0.2, 0.25) is 0 Å². The van der Waals surface area contributed by atoms with Crippen molar-refractivity contribution >= 4 is 5.91 Å². The summed E-state index contributed by atoms with van der Waals surface area (Å²) in [5, 5.41) is 0. The van der Waals surface area contributed by atoms with E-state index in [1.165, 1.54) is 12.4 Å². The molecule has 124 valence electrons. The van der Waals surface area contributed by atoms with Crippen LogP contribution in [0.5, 0.6) is 0 Å². The molecule has 1 saturated heterocycles. The molecule has 2 aromatic rings. The lowest BCUT2D eigenvalue weighted by Gasteiger charge is -2.34. The van der Waals surface area contributed by atoms with Crippen LogP contribution in [0.1, 0.15) is 22.9 Å². The van der Waals surface area contributed by atoms with Crippen LogP contribution in [0.4, 0.5) is 8.78 Å². The number of amides is 1. The van der Waals surface area contributed by atoms with Gasteiger partial charge in [-0.1, -0.05) is 0 Å². The summed E-state index contributed by atoms with van der Waals surface area (Å²) < 4.78 is 28.2. The zero-order valence-electron chi connectivity index (χ0n) is 12.8. The van der Waals surface area contributed by atoms with Gasteiger partial charge in [0.15, 0.2) is 0 Å². The predicted octanol–water partition coefficient (Wildman–Crippen LogP) is 0.970. The smallest absolute Gasteiger partial charge is 0.319 e. The van der Waals surface area contributed by atoms with Crippen molar-refractivity contribution in [1.29, 1.82) is 0 Å². The molecule has 23 heavy (non-hydrogen) atoms. The monoisotopic (exact) mass is 324 g/mol. The number of carbonyl (C=O) groups excluding carboxylic acids is 1. The maximum Gasteiger partial charge on any atom is 0.319 e. The summed E-state index contributed by atoms with van der Waals surface area (Å²) in [7, 11) is 1.78. The number of rotatable bonds is 4. The minimum absolute atomic E-state index is 0.0567. The zero-order chi connectivity index (χ0) is 16.4. The molecule has 0 atom stereocenters. The van der Waals surface area contributed by atoms with E-state index < -0.39 is 6.55 Å². The number of carbonyl (C=O) groups is 1. The summed E-state index contributed by atoms with van der Waals surface area (Å²) in [5.74, 6) is 0.283. The molecule has 7 nitrogen and oxygen atoms in total. The SMILES string of the molecule is Cn1cncc1C(=O)N1CCN(Cc2nccn2C(F)F)CC1. The second kappa shape index (κ2) is 6.45. The number of hydrogen-bond donors (Lipinski definition) is 0. The molecule has 0 N–H and O–H groups in total. The number of alkyl halides is 2. The van der Waals surface area contributed by atoms with Crippen molar-refractivity contribution in [3.8, 4) is 0 Å². The van der Waals surface area contributed by atoms with Gasteiger partial charge in [-0.15, -0.1) is 0 Å². The molecule has 3 rings (SSSR count). The van der Waals surface area contributed by atoms with Crippen LogP contribution in [-0.2, 0) is 13.6 Å². The van der Waals surface area contributed by atoms with Crippen LogP contribution in [0.25, 0.3) is 0 Å². The van der Waals surface area contributed by atoms with Gasteiger partial charge in [0.1, 0.15) is 11.5 Å². The summed E-state index contributed by atoms with van der Waals surface area (Å²) in [6.07, 6.45) is 5.80. The topological polar surface area (TPSA) is 59.2 Å². The standard InChI is InChI=1S/C14H18F2N6O/c1-19-10-17-8-11(19)13(23)21-6-4-20(5-7-21)9-12-18-2-3-22(12)14(15)16/h2-3,8,10,14H,4-7,9H2,1H3. The summed E-state index contributed by atoms with van der Waals surface area (Å²) in [6.45, 7) is 0.128. The normalized spacial score (nSPS) is 16.3. The highest BCUT2D eigenvalue weighted by atomic mass is 19.3. The van der Waals surface area contributed by atoms with Crippen molar-refractivity contribution < 1.29 is 13.6 Å². The molecule has 0 radical (unpaired) electrons. The van der Waals surface area contributed by atoms with E-state index in [1.807, 2.05) is 4.90 Å². The highest BCUT2D eigenvalue weighted by Gasteiger charge is 2.25. The highest BCUT2D eigenvalue weighted by molar-refractivity contribution is 5.92. The Kier molecular flexibility index (Phi) is 4.37. The fraction of sp³-hybridized carbons (Fsp3) is 0.500. The van der Waals surface area contributed by atoms with Crippen LogP contribution in [0.15, 0.2) is 24.9 Å². The molecule has 0 aliphatic carbocycles. The van der Waals surface area contributed by atoms with Crippen LogP contribution in [-0.4, -0.2) is 61.0 Å². The molecule has 0 aromatic carbocycles. The first-order valence-corrected chi connectivity index (χ1v) is 7.34. The van der Waals surface area contributed by atoms with Gasteiger partial charge in [-0.2, -0.15) is 8.78 Å². The van der Waals surface area contributed by atoms with E-state index in [9.17, 15) is 13.6 Å². The average molecular weight is 324 g/mol. The van der Waals surface area contributed by atoms with Crippen LogP contribution in [0, 0.1) is 0 Å². The molecule has 1 aliphatic heterocycles. The molecular weight excluding hydrogens is 306 g/mol. The van der Waals surface area contributed by atoms with E-state index in [-0.39, 0.29) is 5.91 Å². The van der Waals surface area contributed by atoms with Gasteiger partial charge in [0.05, 0.1) is 19.1 Å². The fourth-order valence-corrected chi connectivity index (χ4v) is 2.68. The van der Waals surface area contributed by atoms with Crippen LogP contribution >= 0.6 is 0 Å². The first-order valence-electron chi connectivity index (χ1n) is 7.34. The Morgan fingerprint density at radius 2 is 2.04 bits per heavy atom. The lowest BCUT2D eigenvalue weighted by molar-refractivity contribution is 0.0550. The van der Waals surface area contributed by atoms with Gasteiger partial charge in [-0.25, -0.2) is 9.97 Å². The summed E-state index contributed by atoms with van der Waals surface area (Å²) in [4.78, 5) is 24.1. The molecule has 9 heteroatoms. The summed E-state index contributed by atoms with van der Waals surface area (Å²) in [6, 6.07) is 0.